The summed E-state index contributed by atoms with van der Waals surface area (Å²) < 4.78 is 5.25. The van der Waals surface area contributed by atoms with Crippen LogP contribution in [0.25, 0.3) is 0 Å². The molecule has 1 amide bonds. The number of carbonyl (C=O) groups excluding carboxylic acids is 1. The Kier molecular flexibility index (Phi) is 3.64. The molecule has 0 aromatic heterocycles. The van der Waals surface area contributed by atoms with Crippen LogP contribution in [0.2, 0.25) is 0 Å². The zero-order valence-electron chi connectivity index (χ0n) is 10.2. The van der Waals surface area contributed by atoms with E-state index in [-0.39, 0.29) is 11.8 Å². The largest absolute Gasteiger partial charge is 0.496 e. The molecule has 1 aromatic carbocycles. The maximum absolute atomic E-state index is 11.6. The van der Waals surface area contributed by atoms with Crippen molar-refractivity contribution < 1.29 is 9.53 Å². The van der Waals surface area contributed by atoms with Gasteiger partial charge in [-0.1, -0.05) is 12.1 Å². The second-order valence-electron chi connectivity index (χ2n) is 4.38. The zero-order chi connectivity index (χ0) is 12.3. The third-order valence-electron chi connectivity index (χ3n) is 3.09. The van der Waals surface area contributed by atoms with Gasteiger partial charge in [0.15, 0.2) is 0 Å². The quantitative estimate of drug-likeness (QED) is 0.811. The van der Waals surface area contributed by atoms with Gasteiger partial charge in [0.05, 0.1) is 13.0 Å². The number of hydrogen-bond donors (Lipinski definition) is 2. The lowest BCUT2D eigenvalue weighted by Crippen LogP contribution is -2.50. The number of amides is 1. The molecule has 1 aromatic rings. The number of rotatable bonds is 4. The van der Waals surface area contributed by atoms with E-state index in [4.69, 9.17) is 4.74 Å². The molecule has 1 saturated heterocycles. The van der Waals surface area contributed by atoms with E-state index < -0.39 is 0 Å². The number of methoxy groups -OCH3 is 1. The first-order valence-electron chi connectivity index (χ1n) is 5.82. The molecular weight excluding hydrogens is 216 g/mol. The van der Waals surface area contributed by atoms with Crippen LogP contribution in [-0.2, 0) is 11.3 Å². The fraction of sp³-hybridized carbons (Fsp3) is 0.462. The average Bonchev–Trinajstić information content (AvgIpc) is 2.25. The molecule has 4 heteroatoms. The zero-order valence-corrected chi connectivity index (χ0v) is 10.2. The molecule has 0 unspecified atom stereocenters. The minimum absolute atomic E-state index is 0.128. The van der Waals surface area contributed by atoms with E-state index in [1.807, 2.05) is 25.1 Å². The Morgan fingerprint density at radius 2 is 2.29 bits per heavy atom. The Balaban J connectivity index is 1.92. The van der Waals surface area contributed by atoms with E-state index in [0.29, 0.717) is 6.54 Å². The van der Waals surface area contributed by atoms with Gasteiger partial charge in [0.1, 0.15) is 5.75 Å². The van der Waals surface area contributed by atoms with Gasteiger partial charge >= 0.3 is 0 Å². The standard InChI is InChI=1S/C13H18N2O2/c1-9-3-4-10(5-12(9)17-2)6-15-13(16)11-7-14-8-11/h3-5,11,14H,6-8H2,1-2H3,(H,15,16). The van der Waals surface area contributed by atoms with E-state index in [1.54, 1.807) is 7.11 Å². The summed E-state index contributed by atoms with van der Waals surface area (Å²) in [6.45, 7) is 4.15. The Hall–Kier alpha value is -1.55. The maximum Gasteiger partial charge on any atom is 0.225 e. The lowest BCUT2D eigenvalue weighted by atomic mass is 10.0. The molecule has 0 saturated carbocycles. The summed E-state index contributed by atoms with van der Waals surface area (Å²) >= 11 is 0. The smallest absolute Gasteiger partial charge is 0.225 e. The summed E-state index contributed by atoms with van der Waals surface area (Å²) in [5.74, 6) is 1.13. The van der Waals surface area contributed by atoms with E-state index in [1.165, 1.54) is 0 Å². The third-order valence-corrected chi connectivity index (χ3v) is 3.09. The molecule has 1 aliphatic heterocycles. The normalized spacial score (nSPS) is 15.2. The fourth-order valence-electron chi connectivity index (χ4n) is 1.78. The third kappa shape index (κ3) is 2.77. The summed E-state index contributed by atoms with van der Waals surface area (Å²) in [6.07, 6.45) is 0. The first kappa shape index (κ1) is 11.9. The van der Waals surface area contributed by atoms with Gasteiger partial charge in [-0.2, -0.15) is 0 Å². The van der Waals surface area contributed by atoms with Gasteiger partial charge in [0, 0.05) is 19.6 Å². The van der Waals surface area contributed by atoms with Crippen molar-refractivity contribution in [1.82, 2.24) is 10.6 Å². The maximum atomic E-state index is 11.6. The van der Waals surface area contributed by atoms with Crippen LogP contribution in [0.1, 0.15) is 11.1 Å². The van der Waals surface area contributed by atoms with Crippen LogP contribution in [0.15, 0.2) is 18.2 Å². The summed E-state index contributed by atoms with van der Waals surface area (Å²) in [6, 6.07) is 5.98. The molecule has 1 fully saturated rings. The van der Waals surface area contributed by atoms with Crippen molar-refractivity contribution in [3.8, 4) is 5.75 Å². The van der Waals surface area contributed by atoms with Crippen LogP contribution in [0.4, 0.5) is 0 Å². The SMILES string of the molecule is COc1cc(CNC(=O)C2CNC2)ccc1C. The van der Waals surface area contributed by atoms with Crippen molar-refractivity contribution in [1.29, 1.82) is 0 Å². The molecule has 1 aliphatic rings. The van der Waals surface area contributed by atoms with Crippen molar-refractivity contribution >= 4 is 5.91 Å². The first-order chi connectivity index (χ1) is 8.20. The van der Waals surface area contributed by atoms with Gasteiger partial charge < -0.3 is 15.4 Å². The molecule has 17 heavy (non-hydrogen) atoms. The average molecular weight is 234 g/mol. The molecule has 2 rings (SSSR count). The van der Waals surface area contributed by atoms with Crippen molar-refractivity contribution in [2.24, 2.45) is 5.92 Å². The highest BCUT2D eigenvalue weighted by molar-refractivity contribution is 5.80. The van der Waals surface area contributed by atoms with E-state index in [0.717, 1.165) is 30.0 Å². The summed E-state index contributed by atoms with van der Waals surface area (Å²) in [5.41, 5.74) is 2.17. The fourth-order valence-corrected chi connectivity index (χ4v) is 1.78. The highest BCUT2D eigenvalue weighted by atomic mass is 16.5. The highest BCUT2D eigenvalue weighted by Gasteiger charge is 2.24. The molecule has 2 N–H and O–H groups in total. The lowest BCUT2D eigenvalue weighted by molar-refractivity contribution is -0.126. The minimum atomic E-state index is 0.128. The number of hydrogen-bond acceptors (Lipinski definition) is 3. The van der Waals surface area contributed by atoms with Crippen LogP contribution >= 0.6 is 0 Å². The number of carbonyl (C=O) groups is 1. The van der Waals surface area contributed by atoms with Crippen LogP contribution in [0.5, 0.6) is 5.75 Å². The molecular formula is C13H18N2O2. The first-order valence-corrected chi connectivity index (χ1v) is 5.82. The van der Waals surface area contributed by atoms with Crippen molar-refractivity contribution in [2.75, 3.05) is 20.2 Å². The van der Waals surface area contributed by atoms with Gasteiger partial charge in [0.2, 0.25) is 5.91 Å². The monoisotopic (exact) mass is 234 g/mol. The number of nitrogens with one attached hydrogen (secondary N) is 2. The van der Waals surface area contributed by atoms with Gasteiger partial charge in [-0.25, -0.2) is 0 Å². The second-order valence-corrected chi connectivity index (χ2v) is 4.38. The van der Waals surface area contributed by atoms with E-state index >= 15 is 0 Å². The number of aryl methyl sites for hydroxylation is 1. The lowest BCUT2D eigenvalue weighted by Gasteiger charge is -2.25. The van der Waals surface area contributed by atoms with Crippen molar-refractivity contribution in [3.63, 3.8) is 0 Å². The Labute approximate surface area is 101 Å². The van der Waals surface area contributed by atoms with Gasteiger partial charge in [0.25, 0.3) is 0 Å². The number of ether oxygens (including phenoxy) is 1. The van der Waals surface area contributed by atoms with Gasteiger partial charge in [-0.15, -0.1) is 0 Å². The van der Waals surface area contributed by atoms with Crippen LogP contribution in [-0.4, -0.2) is 26.1 Å². The molecule has 0 radical (unpaired) electrons. The van der Waals surface area contributed by atoms with Gasteiger partial charge in [-0.05, 0) is 24.1 Å². The minimum Gasteiger partial charge on any atom is -0.496 e. The van der Waals surface area contributed by atoms with E-state index in [9.17, 15) is 4.79 Å². The van der Waals surface area contributed by atoms with Gasteiger partial charge in [-0.3, -0.25) is 4.79 Å². The van der Waals surface area contributed by atoms with Crippen LogP contribution < -0.4 is 15.4 Å². The molecule has 0 atom stereocenters. The predicted molar refractivity (Wildman–Crippen MR) is 65.9 cm³/mol. The molecule has 92 valence electrons. The number of benzene rings is 1. The summed E-state index contributed by atoms with van der Waals surface area (Å²) in [7, 11) is 1.66. The Morgan fingerprint density at radius 3 is 2.88 bits per heavy atom. The van der Waals surface area contributed by atoms with Crippen molar-refractivity contribution in [3.05, 3.63) is 29.3 Å². The summed E-state index contributed by atoms with van der Waals surface area (Å²) in [4.78, 5) is 11.6. The topological polar surface area (TPSA) is 50.4 Å². The second kappa shape index (κ2) is 5.19. The van der Waals surface area contributed by atoms with Crippen molar-refractivity contribution in [2.45, 2.75) is 13.5 Å². The Morgan fingerprint density at radius 1 is 1.53 bits per heavy atom. The van der Waals surface area contributed by atoms with Crippen LogP contribution in [0.3, 0.4) is 0 Å². The molecule has 0 bridgehead atoms. The molecule has 4 nitrogen and oxygen atoms in total. The predicted octanol–water partition coefficient (Wildman–Crippen LogP) is 0.839. The van der Waals surface area contributed by atoms with E-state index in [2.05, 4.69) is 10.6 Å². The molecule has 0 aliphatic carbocycles. The molecule has 1 heterocycles. The van der Waals surface area contributed by atoms with Crippen LogP contribution in [0, 0.1) is 12.8 Å². The summed E-state index contributed by atoms with van der Waals surface area (Å²) in [5, 5.41) is 6.02. The Bertz CT molecular complexity index is 414. The highest BCUT2D eigenvalue weighted by Crippen LogP contribution is 2.18. The molecule has 0 spiro atoms.